The summed E-state index contributed by atoms with van der Waals surface area (Å²) in [5.41, 5.74) is 12.1. The number of nitrogens with two attached hydrogens (primary N) is 2. The van der Waals surface area contributed by atoms with Gasteiger partial charge in [0.2, 0.25) is 0 Å². The first-order valence-electron chi connectivity index (χ1n) is 15.6. The van der Waals surface area contributed by atoms with Gasteiger partial charge < -0.3 is 30.8 Å². The van der Waals surface area contributed by atoms with Gasteiger partial charge in [-0.05, 0) is 125 Å². The Morgan fingerprint density at radius 1 is 0.919 bits per heavy atom. The van der Waals surface area contributed by atoms with Crippen LogP contribution >= 0.6 is 0 Å². The Bertz CT molecular complexity index is 709. The zero-order valence-corrected chi connectivity index (χ0v) is 24.3. The van der Waals surface area contributed by atoms with Gasteiger partial charge in [-0.2, -0.15) is 0 Å². The molecule has 0 radical (unpaired) electrons. The highest BCUT2D eigenvalue weighted by molar-refractivity contribution is 5.15. The maximum Gasteiger partial charge on any atom is 0.0633 e. The molecule has 4 aliphatic carbocycles. The fourth-order valence-corrected chi connectivity index (χ4v) is 10.0. The number of rotatable bonds is 13. The van der Waals surface area contributed by atoms with Crippen molar-refractivity contribution in [2.45, 2.75) is 110 Å². The molecule has 0 aromatic rings. The van der Waals surface area contributed by atoms with Gasteiger partial charge in [0.25, 0.3) is 0 Å². The molecule has 4 saturated carbocycles. The van der Waals surface area contributed by atoms with Crippen molar-refractivity contribution in [2.75, 3.05) is 40.0 Å². The van der Waals surface area contributed by atoms with E-state index in [-0.39, 0.29) is 5.41 Å². The molecule has 4 rings (SSSR count). The smallest absolute Gasteiger partial charge is 0.0633 e. The molecular weight excluding hydrogens is 464 g/mol. The topological polar surface area (TPSA) is 100.0 Å². The Hall–Kier alpha value is -0.240. The number of hydrogen-bond acceptors (Lipinski definition) is 6. The summed E-state index contributed by atoms with van der Waals surface area (Å²) in [7, 11) is 1.96. The molecule has 11 atom stereocenters. The van der Waals surface area contributed by atoms with E-state index in [0.717, 1.165) is 58.2 Å². The summed E-state index contributed by atoms with van der Waals surface area (Å²) in [5, 5.41) is 9.50. The Balaban J connectivity index is 1.61. The van der Waals surface area contributed by atoms with E-state index in [1.165, 1.54) is 25.7 Å². The van der Waals surface area contributed by atoms with Crippen molar-refractivity contribution in [3.05, 3.63) is 0 Å². The van der Waals surface area contributed by atoms with Crippen LogP contribution in [0.4, 0.5) is 0 Å². The molecule has 0 amide bonds. The second-order valence-electron chi connectivity index (χ2n) is 13.5. The van der Waals surface area contributed by atoms with Gasteiger partial charge in [-0.25, -0.2) is 0 Å². The maximum atomic E-state index is 9.50. The average Bonchev–Trinajstić information content (AvgIpc) is 3.25. The fraction of sp³-hybridized carbons (Fsp3) is 1.00. The lowest BCUT2D eigenvalue weighted by molar-refractivity contribution is -0.223. The predicted molar refractivity (Wildman–Crippen MR) is 149 cm³/mol. The maximum absolute atomic E-state index is 9.50. The molecule has 0 spiro atoms. The molecule has 37 heavy (non-hydrogen) atoms. The number of ether oxygens (including phenoxy) is 3. The van der Waals surface area contributed by atoms with Crippen LogP contribution in [0.25, 0.3) is 0 Å². The van der Waals surface area contributed by atoms with Crippen molar-refractivity contribution < 1.29 is 19.3 Å². The Morgan fingerprint density at radius 2 is 1.65 bits per heavy atom. The van der Waals surface area contributed by atoms with Gasteiger partial charge in [0.15, 0.2) is 0 Å². The predicted octanol–water partition coefficient (Wildman–Crippen LogP) is 4.76. The van der Waals surface area contributed by atoms with Crippen LogP contribution in [0.15, 0.2) is 0 Å². The molecule has 11 unspecified atom stereocenters. The molecule has 5 N–H and O–H groups in total. The van der Waals surface area contributed by atoms with Gasteiger partial charge >= 0.3 is 0 Å². The van der Waals surface area contributed by atoms with Crippen LogP contribution in [-0.2, 0) is 14.2 Å². The van der Waals surface area contributed by atoms with E-state index < -0.39 is 0 Å². The first kappa shape index (κ1) is 29.7. The molecule has 4 aliphatic rings. The number of aliphatic hydroxyl groups excluding tert-OH is 1. The largest absolute Gasteiger partial charge is 0.396 e. The molecule has 4 fully saturated rings. The van der Waals surface area contributed by atoms with Crippen molar-refractivity contribution in [3.63, 3.8) is 0 Å². The lowest BCUT2D eigenvalue weighted by Crippen LogP contribution is -2.63. The Kier molecular flexibility index (Phi) is 10.4. The molecule has 0 heterocycles. The van der Waals surface area contributed by atoms with Gasteiger partial charge in [0, 0.05) is 32.3 Å². The highest BCUT2D eigenvalue weighted by atomic mass is 16.5. The third-order valence-electron chi connectivity index (χ3n) is 11.9. The van der Waals surface area contributed by atoms with Crippen molar-refractivity contribution in [2.24, 2.45) is 57.8 Å². The molecular formula is C31H58N2O4. The van der Waals surface area contributed by atoms with Crippen LogP contribution < -0.4 is 11.5 Å². The van der Waals surface area contributed by atoms with Gasteiger partial charge in [-0.15, -0.1) is 0 Å². The van der Waals surface area contributed by atoms with Gasteiger partial charge in [-0.3, -0.25) is 0 Å². The van der Waals surface area contributed by atoms with Gasteiger partial charge in [0.05, 0.1) is 18.3 Å². The second kappa shape index (κ2) is 13.0. The minimum atomic E-state index is 0.173. The quantitative estimate of drug-likeness (QED) is 0.302. The molecule has 0 aliphatic heterocycles. The van der Waals surface area contributed by atoms with Crippen LogP contribution in [0, 0.1) is 46.3 Å². The molecule has 6 heteroatoms. The summed E-state index contributed by atoms with van der Waals surface area (Å²) >= 11 is 0. The van der Waals surface area contributed by atoms with Gasteiger partial charge in [-0.1, -0.05) is 20.8 Å². The van der Waals surface area contributed by atoms with E-state index in [0.29, 0.717) is 78.9 Å². The van der Waals surface area contributed by atoms with E-state index in [1.807, 2.05) is 7.11 Å². The standard InChI is InChI=1S/C31H58N2O4/c1-21(8-5-15-34)24-9-10-25-29-26(20-28(35-4)31(24,25)3)30(2)12-11-23(36-16-6-13-32)18-22(30)19-27(29)37-17-7-14-33/h21-29,34H,5-20,32-33H2,1-4H3. The van der Waals surface area contributed by atoms with Crippen molar-refractivity contribution in [3.8, 4) is 0 Å². The highest BCUT2D eigenvalue weighted by Crippen LogP contribution is 2.69. The number of hydrogen-bond donors (Lipinski definition) is 3. The zero-order chi connectivity index (χ0) is 26.6. The van der Waals surface area contributed by atoms with Crippen LogP contribution in [0.1, 0.15) is 91.4 Å². The van der Waals surface area contributed by atoms with E-state index in [4.69, 9.17) is 25.7 Å². The monoisotopic (exact) mass is 522 g/mol. The number of aliphatic hydroxyl groups is 1. The molecule has 216 valence electrons. The van der Waals surface area contributed by atoms with Crippen molar-refractivity contribution in [1.82, 2.24) is 0 Å². The van der Waals surface area contributed by atoms with Gasteiger partial charge in [0.1, 0.15) is 0 Å². The van der Waals surface area contributed by atoms with Crippen molar-refractivity contribution >= 4 is 0 Å². The normalized spacial score (nSPS) is 44.2. The molecule has 6 nitrogen and oxygen atoms in total. The van der Waals surface area contributed by atoms with E-state index in [9.17, 15) is 5.11 Å². The van der Waals surface area contributed by atoms with Crippen LogP contribution in [-0.4, -0.2) is 63.4 Å². The zero-order valence-electron chi connectivity index (χ0n) is 24.3. The Labute approximate surface area is 226 Å². The highest BCUT2D eigenvalue weighted by Gasteiger charge is 2.66. The lowest BCUT2D eigenvalue weighted by atomic mass is 9.43. The minimum absolute atomic E-state index is 0.173. The molecule has 0 bridgehead atoms. The first-order valence-corrected chi connectivity index (χ1v) is 15.6. The Morgan fingerprint density at radius 3 is 2.32 bits per heavy atom. The summed E-state index contributed by atoms with van der Waals surface area (Å²) in [6.45, 7) is 10.8. The van der Waals surface area contributed by atoms with E-state index in [1.54, 1.807) is 0 Å². The first-order chi connectivity index (χ1) is 17.8. The molecule has 0 aromatic carbocycles. The number of methoxy groups -OCH3 is 1. The fourth-order valence-electron chi connectivity index (χ4n) is 10.0. The van der Waals surface area contributed by atoms with E-state index in [2.05, 4.69) is 20.8 Å². The summed E-state index contributed by atoms with van der Waals surface area (Å²) in [5.74, 6) is 3.76. The van der Waals surface area contributed by atoms with Crippen LogP contribution in [0.3, 0.4) is 0 Å². The summed E-state index contributed by atoms with van der Waals surface area (Å²) in [4.78, 5) is 0. The molecule has 0 saturated heterocycles. The minimum Gasteiger partial charge on any atom is -0.396 e. The third kappa shape index (κ3) is 5.67. The third-order valence-corrected chi connectivity index (χ3v) is 11.9. The number of fused-ring (bicyclic) bond motifs is 5. The summed E-state index contributed by atoms with van der Waals surface area (Å²) in [6.07, 6.45) is 13.3. The van der Waals surface area contributed by atoms with E-state index >= 15 is 0 Å². The van der Waals surface area contributed by atoms with Crippen LogP contribution in [0.2, 0.25) is 0 Å². The van der Waals surface area contributed by atoms with Crippen LogP contribution in [0.5, 0.6) is 0 Å². The summed E-state index contributed by atoms with van der Waals surface area (Å²) in [6, 6.07) is 0. The SMILES string of the molecule is COC1CC2C(C(OCCCN)CC3CC(OCCCN)CCC32C)C2CCC(C(C)CCCO)C12C. The molecule has 0 aromatic heterocycles. The van der Waals surface area contributed by atoms with Crippen molar-refractivity contribution in [1.29, 1.82) is 0 Å². The second-order valence-corrected chi connectivity index (χ2v) is 13.5. The summed E-state index contributed by atoms with van der Waals surface area (Å²) < 4.78 is 19.5. The lowest BCUT2D eigenvalue weighted by Gasteiger charge is -2.64. The average molecular weight is 523 g/mol.